The zero-order valence-electron chi connectivity index (χ0n) is 6.29. The fraction of sp³-hybridized carbons (Fsp3) is 0.375. The lowest BCUT2D eigenvalue weighted by atomic mass is 10.2. The van der Waals surface area contributed by atoms with Crippen molar-refractivity contribution in [2.75, 3.05) is 0 Å². The summed E-state index contributed by atoms with van der Waals surface area (Å²) in [5.41, 5.74) is 1.16. The van der Waals surface area contributed by atoms with Crippen LogP contribution in [0.15, 0.2) is 23.0 Å². The molecule has 0 N–H and O–H groups in total. The second-order valence-corrected chi connectivity index (χ2v) is 2.00. The van der Waals surface area contributed by atoms with Crippen molar-refractivity contribution in [3.8, 4) is 0 Å². The molecule has 0 aliphatic rings. The van der Waals surface area contributed by atoms with E-state index in [1.807, 2.05) is 13.0 Å². The van der Waals surface area contributed by atoms with Gasteiger partial charge in [0.15, 0.2) is 0 Å². The molecule has 0 saturated heterocycles. The lowest BCUT2D eigenvalue weighted by Gasteiger charge is -1.94. The van der Waals surface area contributed by atoms with Crippen molar-refractivity contribution in [3.05, 3.63) is 24.4 Å². The molecule has 0 spiro atoms. The highest BCUT2D eigenvalue weighted by molar-refractivity contribution is 5.57. The first-order chi connectivity index (χ1) is 4.88. The maximum Gasteiger partial charge on any atom is 0.221 e. The van der Waals surface area contributed by atoms with Crippen LogP contribution in [-0.2, 0) is 0 Å². The number of rotatable bonds is 2. The first kappa shape index (κ1) is 7.06. The largest absolute Gasteiger partial charge is 0.445 e. The summed E-state index contributed by atoms with van der Waals surface area (Å²) in [4.78, 5) is 4.02. The minimum absolute atomic E-state index is 0.741. The number of allylic oxidation sites excluding steroid dienone is 2. The van der Waals surface area contributed by atoms with Crippen molar-refractivity contribution in [3.63, 3.8) is 0 Å². The second kappa shape index (κ2) is 3.20. The van der Waals surface area contributed by atoms with E-state index in [-0.39, 0.29) is 0 Å². The number of nitrogens with zero attached hydrogens (tertiary/aromatic N) is 1. The van der Waals surface area contributed by atoms with E-state index in [2.05, 4.69) is 11.9 Å². The van der Waals surface area contributed by atoms with Gasteiger partial charge in [-0.2, -0.15) is 0 Å². The van der Waals surface area contributed by atoms with Gasteiger partial charge in [0.2, 0.25) is 5.89 Å². The first-order valence-corrected chi connectivity index (χ1v) is 3.43. The third-order valence-electron chi connectivity index (χ3n) is 1.44. The quantitative estimate of drug-likeness (QED) is 0.625. The van der Waals surface area contributed by atoms with Gasteiger partial charge in [-0.05, 0) is 13.3 Å². The Morgan fingerprint density at radius 1 is 1.80 bits per heavy atom. The summed E-state index contributed by atoms with van der Waals surface area (Å²) >= 11 is 0. The van der Waals surface area contributed by atoms with Gasteiger partial charge >= 0.3 is 0 Å². The molecule has 1 aromatic rings. The Hall–Kier alpha value is -1.05. The molecule has 0 amide bonds. The fourth-order valence-corrected chi connectivity index (χ4v) is 0.861. The molecule has 1 heterocycles. The summed E-state index contributed by atoms with van der Waals surface area (Å²) in [6.45, 7) is 4.07. The standard InChI is InChI=1S/C8H11NO/c1-3-7(4-2)8-9-5-6-10-8/h3,5-6H,4H2,1-2H3. The minimum Gasteiger partial charge on any atom is -0.445 e. The molecule has 0 radical (unpaired) electrons. The molecule has 54 valence electrons. The molecule has 2 nitrogen and oxygen atoms in total. The molecule has 1 rings (SSSR count). The minimum atomic E-state index is 0.741. The Bertz CT molecular complexity index is 211. The average Bonchev–Trinajstić information content (AvgIpc) is 2.43. The maximum absolute atomic E-state index is 5.10. The molecule has 0 unspecified atom stereocenters. The molecular formula is C8H11NO. The molecule has 0 aromatic carbocycles. The topological polar surface area (TPSA) is 26.0 Å². The van der Waals surface area contributed by atoms with Gasteiger partial charge < -0.3 is 4.42 Å². The van der Waals surface area contributed by atoms with Crippen LogP contribution in [-0.4, -0.2) is 4.98 Å². The van der Waals surface area contributed by atoms with Crippen LogP contribution in [0, 0.1) is 0 Å². The summed E-state index contributed by atoms with van der Waals surface area (Å²) in [5.74, 6) is 0.741. The van der Waals surface area contributed by atoms with E-state index in [4.69, 9.17) is 4.42 Å². The normalized spacial score (nSPS) is 12.0. The van der Waals surface area contributed by atoms with Crippen molar-refractivity contribution >= 4 is 5.57 Å². The van der Waals surface area contributed by atoms with Gasteiger partial charge in [-0.15, -0.1) is 0 Å². The van der Waals surface area contributed by atoms with Gasteiger partial charge in [-0.25, -0.2) is 4.98 Å². The Morgan fingerprint density at radius 2 is 2.60 bits per heavy atom. The number of aromatic nitrogens is 1. The smallest absolute Gasteiger partial charge is 0.221 e. The van der Waals surface area contributed by atoms with Crippen LogP contribution in [0.25, 0.3) is 5.57 Å². The predicted molar refractivity (Wildman–Crippen MR) is 40.4 cm³/mol. The summed E-state index contributed by atoms with van der Waals surface area (Å²) in [7, 11) is 0. The Balaban J connectivity index is 2.85. The van der Waals surface area contributed by atoms with Crippen LogP contribution in [0.2, 0.25) is 0 Å². The zero-order valence-corrected chi connectivity index (χ0v) is 6.29. The summed E-state index contributed by atoms with van der Waals surface area (Å²) in [6, 6.07) is 0. The molecular weight excluding hydrogens is 126 g/mol. The van der Waals surface area contributed by atoms with Gasteiger partial charge in [0.1, 0.15) is 6.26 Å². The molecule has 0 fully saturated rings. The third-order valence-corrected chi connectivity index (χ3v) is 1.44. The molecule has 0 bridgehead atoms. The second-order valence-electron chi connectivity index (χ2n) is 2.00. The Labute approximate surface area is 60.6 Å². The Kier molecular flexibility index (Phi) is 2.26. The molecule has 0 saturated carbocycles. The van der Waals surface area contributed by atoms with Crippen molar-refractivity contribution in [2.24, 2.45) is 0 Å². The van der Waals surface area contributed by atoms with Crippen LogP contribution >= 0.6 is 0 Å². The van der Waals surface area contributed by atoms with Crippen molar-refractivity contribution < 1.29 is 4.42 Å². The molecule has 2 heteroatoms. The van der Waals surface area contributed by atoms with Gasteiger partial charge in [-0.1, -0.05) is 13.0 Å². The van der Waals surface area contributed by atoms with Crippen LogP contribution in [0.4, 0.5) is 0 Å². The van der Waals surface area contributed by atoms with Gasteiger partial charge in [0.25, 0.3) is 0 Å². The summed E-state index contributed by atoms with van der Waals surface area (Å²) < 4.78 is 5.10. The Morgan fingerprint density at radius 3 is 3.00 bits per heavy atom. The van der Waals surface area contributed by atoms with Gasteiger partial charge in [-0.3, -0.25) is 0 Å². The first-order valence-electron chi connectivity index (χ1n) is 3.43. The highest BCUT2D eigenvalue weighted by Crippen LogP contribution is 2.14. The van der Waals surface area contributed by atoms with Gasteiger partial charge in [0.05, 0.1) is 6.20 Å². The highest BCUT2D eigenvalue weighted by atomic mass is 16.3. The molecule has 0 aliphatic heterocycles. The van der Waals surface area contributed by atoms with Crippen molar-refractivity contribution in [2.45, 2.75) is 20.3 Å². The van der Waals surface area contributed by atoms with Gasteiger partial charge in [0, 0.05) is 5.57 Å². The lowest BCUT2D eigenvalue weighted by molar-refractivity contribution is 0.539. The van der Waals surface area contributed by atoms with E-state index < -0.39 is 0 Å². The van der Waals surface area contributed by atoms with E-state index in [0.717, 1.165) is 17.9 Å². The van der Waals surface area contributed by atoms with E-state index >= 15 is 0 Å². The van der Waals surface area contributed by atoms with E-state index in [9.17, 15) is 0 Å². The molecule has 10 heavy (non-hydrogen) atoms. The van der Waals surface area contributed by atoms with E-state index in [0.29, 0.717) is 0 Å². The summed E-state index contributed by atoms with van der Waals surface area (Å²) in [5, 5.41) is 0. The van der Waals surface area contributed by atoms with Crippen LogP contribution in [0.1, 0.15) is 26.2 Å². The number of hydrogen-bond acceptors (Lipinski definition) is 2. The van der Waals surface area contributed by atoms with E-state index in [1.54, 1.807) is 12.5 Å². The number of oxazole rings is 1. The van der Waals surface area contributed by atoms with Crippen LogP contribution < -0.4 is 0 Å². The average molecular weight is 137 g/mol. The molecule has 0 atom stereocenters. The monoisotopic (exact) mass is 137 g/mol. The zero-order chi connectivity index (χ0) is 7.40. The predicted octanol–water partition coefficient (Wildman–Crippen LogP) is 2.49. The highest BCUT2D eigenvalue weighted by Gasteiger charge is 2.00. The molecule has 0 aliphatic carbocycles. The lowest BCUT2D eigenvalue weighted by Crippen LogP contribution is -1.79. The van der Waals surface area contributed by atoms with Crippen LogP contribution in [0.5, 0.6) is 0 Å². The SMILES string of the molecule is CC=C(CC)c1ncco1. The van der Waals surface area contributed by atoms with E-state index in [1.165, 1.54) is 0 Å². The fourth-order valence-electron chi connectivity index (χ4n) is 0.861. The maximum atomic E-state index is 5.10. The van der Waals surface area contributed by atoms with Crippen molar-refractivity contribution in [1.29, 1.82) is 0 Å². The summed E-state index contributed by atoms with van der Waals surface area (Å²) in [6.07, 6.45) is 6.24. The number of hydrogen-bond donors (Lipinski definition) is 0. The molecule has 1 aromatic heterocycles. The third kappa shape index (κ3) is 1.26. The van der Waals surface area contributed by atoms with Crippen molar-refractivity contribution in [1.82, 2.24) is 4.98 Å². The van der Waals surface area contributed by atoms with Crippen LogP contribution in [0.3, 0.4) is 0 Å².